The second-order valence-electron chi connectivity index (χ2n) is 6.65. The molecule has 0 bridgehead atoms. The highest BCUT2D eigenvalue weighted by Gasteiger charge is 2.33. The third-order valence-corrected chi connectivity index (χ3v) is 4.88. The summed E-state index contributed by atoms with van der Waals surface area (Å²) >= 11 is 0. The van der Waals surface area contributed by atoms with Crippen LogP contribution in [0.25, 0.3) is 0 Å². The molecule has 1 rings (SSSR count). The lowest BCUT2D eigenvalue weighted by Gasteiger charge is -2.37. The van der Waals surface area contributed by atoms with Gasteiger partial charge in [0.25, 0.3) is 0 Å². The number of unbranched alkanes of at least 4 members (excludes halogenated alkanes) is 5. The first-order chi connectivity index (χ1) is 10.2. The fraction of sp³-hybridized carbons (Fsp3) is 1.00. The smallest absolute Gasteiger partial charge is 0.0769 e. The predicted octanol–water partition coefficient (Wildman–Crippen LogP) is 4.28. The highest BCUT2D eigenvalue weighted by molar-refractivity contribution is 4.85. The van der Waals surface area contributed by atoms with Gasteiger partial charge in [-0.1, -0.05) is 58.8 Å². The summed E-state index contributed by atoms with van der Waals surface area (Å²) in [5, 5.41) is 0. The first-order valence-corrected chi connectivity index (χ1v) is 9.12. The van der Waals surface area contributed by atoms with E-state index in [9.17, 15) is 0 Å². The Bertz CT molecular complexity index is 247. The summed E-state index contributed by atoms with van der Waals surface area (Å²) in [7, 11) is 1.78. The molecule has 1 aliphatic rings. The van der Waals surface area contributed by atoms with E-state index >= 15 is 0 Å². The Balaban J connectivity index is 2.45. The van der Waals surface area contributed by atoms with Crippen molar-refractivity contribution in [2.45, 2.75) is 96.3 Å². The van der Waals surface area contributed by atoms with Crippen molar-refractivity contribution < 1.29 is 9.47 Å². The zero-order valence-electron chi connectivity index (χ0n) is 14.5. The molecular weight excluding hydrogens is 262 g/mol. The van der Waals surface area contributed by atoms with Crippen LogP contribution in [-0.2, 0) is 9.47 Å². The van der Waals surface area contributed by atoms with Gasteiger partial charge in [-0.05, 0) is 18.8 Å². The summed E-state index contributed by atoms with van der Waals surface area (Å²) in [5.41, 5.74) is 6.06. The fourth-order valence-electron chi connectivity index (χ4n) is 3.42. The van der Waals surface area contributed by atoms with Crippen LogP contribution in [0.3, 0.4) is 0 Å². The number of hydrogen-bond donors (Lipinski definition) is 1. The summed E-state index contributed by atoms with van der Waals surface area (Å²) in [6, 6.07) is 0.0441. The number of ether oxygens (including phenoxy) is 2. The van der Waals surface area contributed by atoms with E-state index in [2.05, 4.69) is 13.8 Å². The molecule has 0 amide bonds. The van der Waals surface area contributed by atoms with Gasteiger partial charge >= 0.3 is 0 Å². The van der Waals surface area contributed by atoms with Crippen molar-refractivity contribution in [3.63, 3.8) is 0 Å². The van der Waals surface area contributed by atoms with Gasteiger partial charge in [-0.25, -0.2) is 0 Å². The zero-order chi connectivity index (χ0) is 15.5. The quantitative estimate of drug-likeness (QED) is 0.579. The van der Waals surface area contributed by atoms with E-state index in [4.69, 9.17) is 15.2 Å². The van der Waals surface area contributed by atoms with Gasteiger partial charge in [0.1, 0.15) is 0 Å². The van der Waals surface area contributed by atoms with Crippen LogP contribution in [-0.4, -0.2) is 32.0 Å². The lowest BCUT2D eigenvalue weighted by atomic mass is 9.85. The first kappa shape index (κ1) is 18.9. The minimum absolute atomic E-state index is 0.0441. The zero-order valence-corrected chi connectivity index (χ0v) is 14.5. The molecule has 1 fully saturated rings. The molecule has 0 spiro atoms. The summed E-state index contributed by atoms with van der Waals surface area (Å²) in [6.45, 7) is 5.20. The van der Waals surface area contributed by atoms with E-state index in [0.29, 0.717) is 18.6 Å². The Kier molecular flexibility index (Phi) is 10.3. The maximum Gasteiger partial charge on any atom is 0.0769 e. The Morgan fingerprint density at radius 1 is 1.05 bits per heavy atom. The van der Waals surface area contributed by atoms with Crippen molar-refractivity contribution in [1.29, 1.82) is 0 Å². The van der Waals surface area contributed by atoms with E-state index in [1.807, 2.05) is 0 Å². The van der Waals surface area contributed by atoms with Crippen molar-refractivity contribution in [2.24, 2.45) is 11.7 Å². The molecule has 0 aromatic rings. The molecule has 3 nitrogen and oxygen atoms in total. The lowest BCUT2D eigenvalue weighted by molar-refractivity contribution is -0.0952. The Hall–Kier alpha value is -0.120. The number of rotatable bonds is 11. The van der Waals surface area contributed by atoms with Crippen LogP contribution in [0.4, 0.5) is 0 Å². The highest BCUT2D eigenvalue weighted by Crippen LogP contribution is 2.29. The van der Waals surface area contributed by atoms with E-state index in [1.165, 1.54) is 57.8 Å². The van der Waals surface area contributed by atoms with Crippen LogP contribution >= 0.6 is 0 Å². The second-order valence-corrected chi connectivity index (χ2v) is 6.65. The Labute approximate surface area is 132 Å². The average Bonchev–Trinajstić information content (AvgIpc) is 2.50. The van der Waals surface area contributed by atoms with Crippen LogP contribution in [0, 0.1) is 5.92 Å². The average molecular weight is 299 g/mol. The van der Waals surface area contributed by atoms with Crippen LogP contribution in [0.5, 0.6) is 0 Å². The van der Waals surface area contributed by atoms with Gasteiger partial charge in [0.2, 0.25) is 0 Å². The molecule has 1 heterocycles. The molecule has 0 aromatic heterocycles. The number of nitrogens with two attached hydrogens (primary N) is 1. The van der Waals surface area contributed by atoms with Crippen molar-refractivity contribution in [2.75, 3.05) is 13.7 Å². The Morgan fingerprint density at radius 3 is 2.29 bits per heavy atom. The molecule has 126 valence electrons. The monoisotopic (exact) mass is 299 g/mol. The van der Waals surface area contributed by atoms with Gasteiger partial charge in [0.15, 0.2) is 0 Å². The third kappa shape index (κ3) is 7.12. The molecule has 4 atom stereocenters. The van der Waals surface area contributed by atoms with Gasteiger partial charge in [-0.15, -0.1) is 0 Å². The largest absolute Gasteiger partial charge is 0.380 e. The highest BCUT2D eigenvalue weighted by atomic mass is 16.5. The van der Waals surface area contributed by atoms with Crippen molar-refractivity contribution in [3.05, 3.63) is 0 Å². The number of methoxy groups -OCH3 is 1. The summed E-state index contributed by atoms with van der Waals surface area (Å²) in [4.78, 5) is 0. The van der Waals surface area contributed by atoms with Crippen LogP contribution in [0.2, 0.25) is 0 Å². The lowest BCUT2D eigenvalue weighted by Crippen LogP contribution is -2.49. The minimum Gasteiger partial charge on any atom is -0.380 e. The van der Waals surface area contributed by atoms with Crippen molar-refractivity contribution in [1.82, 2.24) is 0 Å². The maximum atomic E-state index is 6.07. The third-order valence-electron chi connectivity index (χ3n) is 4.88. The molecule has 3 heteroatoms. The molecule has 0 aromatic carbocycles. The summed E-state index contributed by atoms with van der Waals surface area (Å²) in [6.07, 6.45) is 13.4. The van der Waals surface area contributed by atoms with Crippen LogP contribution in [0.15, 0.2) is 0 Å². The molecule has 1 saturated heterocycles. The van der Waals surface area contributed by atoms with Crippen molar-refractivity contribution in [3.8, 4) is 0 Å². The predicted molar refractivity (Wildman–Crippen MR) is 89.5 cm³/mol. The first-order valence-electron chi connectivity index (χ1n) is 9.12. The fourth-order valence-corrected chi connectivity index (χ4v) is 3.42. The topological polar surface area (TPSA) is 44.5 Å². The van der Waals surface area contributed by atoms with Crippen molar-refractivity contribution >= 4 is 0 Å². The summed E-state index contributed by atoms with van der Waals surface area (Å²) in [5.74, 6) is 0.693. The molecule has 0 aliphatic carbocycles. The van der Waals surface area contributed by atoms with Crippen LogP contribution in [0.1, 0.15) is 78.1 Å². The van der Waals surface area contributed by atoms with Gasteiger partial charge in [-0.3, -0.25) is 0 Å². The standard InChI is InChI=1S/C18H37NO2/c1-4-6-8-10-12-15(11-9-7-5-2)17-13-18(20-3)16(19)14-21-17/h15-18H,4-14,19H2,1-3H3. The van der Waals surface area contributed by atoms with Gasteiger partial charge in [0, 0.05) is 13.5 Å². The molecule has 2 N–H and O–H groups in total. The number of hydrogen-bond acceptors (Lipinski definition) is 3. The summed E-state index contributed by atoms with van der Waals surface area (Å²) < 4.78 is 11.6. The van der Waals surface area contributed by atoms with Crippen LogP contribution < -0.4 is 5.73 Å². The van der Waals surface area contributed by atoms with Gasteiger partial charge < -0.3 is 15.2 Å². The SMILES string of the molecule is CCCCCCC(CCCCC)C1CC(OC)C(N)CO1. The Morgan fingerprint density at radius 2 is 1.67 bits per heavy atom. The van der Waals surface area contributed by atoms with E-state index in [0.717, 1.165) is 6.42 Å². The minimum atomic E-state index is 0.0441. The molecule has 1 aliphatic heterocycles. The molecular formula is C18H37NO2. The maximum absolute atomic E-state index is 6.07. The van der Waals surface area contributed by atoms with E-state index < -0.39 is 0 Å². The van der Waals surface area contributed by atoms with E-state index in [1.54, 1.807) is 7.11 Å². The van der Waals surface area contributed by atoms with Gasteiger partial charge in [0.05, 0.1) is 24.9 Å². The van der Waals surface area contributed by atoms with E-state index in [-0.39, 0.29) is 12.1 Å². The second kappa shape index (κ2) is 11.4. The molecule has 21 heavy (non-hydrogen) atoms. The molecule has 0 radical (unpaired) electrons. The molecule has 4 unspecified atom stereocenters. The normalized spacial score (nSPS) is 27.7. The molecule has 0 saturated carbocycles. The van der Waals surface area contributed by atoms with Gasteiger partial charge in [-0.2, -0.15) is 0 Å².